The highest BCUT2D eigenvalue weighted by atomic mass is 32.2. The van der Waals surface area contributed by atoms with Gasteiger partial charge in [-0.25, -0.2) is 18.5 Å². The summed E-state index contributed by atoms with van der Waals surface area (Å²) in [6, 6.07) is 10.0. The Balaban J connectivity index is 1.85. The summed E-state index contributed by atoms with van der Waals surface area (Å²) in [5, 5.41) is 5.28. The fourth-order valence-corrected chi connectivity index (χ4v) is 3.84. The van der Waals surface area contributed by atoms with Crippen LogP contribution in [-0.4, -0.2) is 42.9 Å². The van der Waals surface area contributed by atoms with Crippen LogP contribution in [-0.2, 0) is 14.8 Å². The topological polar surface area (TPSA) is 149 Å². The van der Waals surface area contributed by atoms with Gasteiger partial charge >= 0.3 is 0 Å². The van der Waals surface area contributed by atoms with Gasteiger partial charge in [-0.15, -0.1) is 0 Å². The Morgan fingerprint density at radius 2 is 1.93 bits per heavy atom. The van der Waals surface area contributed by atoms with E-state index in [9.17, 15) is 8.42 Å². The van der Waals surface area contributed by atoms with Crippen LogP contribution in [0.25, 0.3) is 22.6 Å². The van der Waals surface area contributed by atoms with Crippen molar-refractivity contribution in [3.63, 3.8) is 0 Å². The van der Waals surface area contributed by atoms with Crippen LogP contribution in [0.3, 0.4) is 0 Å². The molecule has 4 rings (SSSR count). The minimum absolute atomic E-state index is 0.0139. The van der Waals surface area contributed by atoms with E-state index in [1.54, 1.807) is 24.5 Å². The monoisotopic (exact) mass is 424 g/mol. The molecule has 0 spiro atoms. The minimum atomic E-state index is -3.83. The molecule has 0 aliphatic carbocycles. The molecule has 0 saturated carbocycles. The van der Waals surface area contributed by atoms with Crippen LogP contribution in [0.2, 0.25) is 0 Å². The summed E-state index contributed by atoms with van der Waals surface area (Å²) >= 11 is 0. The number of dihydropyridines is 1. The minimum Gasteiger partial charge on any atom is -0.493 e. The molecule has 0 radical (unpaired) electrons. The molecule has 154 valence electrons. The largest absolute Gasteiger partial charge is 0.493 e. The van der Waals surface area contributed by atoms with E-state index in [1.165, 1.54) is 19.2 Å². The van der Waals surface area contributed by atoms with Gasteiger partial charge < -0.3 is 15.5 Å². The standard InChI is InChI=1S/C20H20N6O3S/c1-29-16-10-14(11-24-19(16)21)18-17(12-5-7-23-8-6-12)25-20(26-18)13-3-2-4-15(9-13)30(22,27)28/h2-10,14H,11H2,1H3,(H2,21,24)(H,25,26)(H2,22,27,28). The van der Waals surface area contributed by atoms with Crippen LogP contribution in [0.15, 0.2) is 70.5 Å². The second-order valence-electron chi connectivity index (χ2n) is 6.72. The van der Waals surface area contributed by atoms with E-state index in [4.69, 9.17) is 20.6 Å². The number of amidine groups is 1. The van der Waals surface area contributed by atoms with Crippen molar-refractivity contribution >= 4 is 15.9 Å². The number of primary sulfonamides is 1. The molecule has 1 aromatic carbocycles. The first-order valence-electron chi connectivity index (χ1n) is 9.06. The zero-order valence-electron chi connectivity index (χ0n) is 16.1. The second-order valence-corrected chi connectivity index (χ2v) is 8.29. The summed E-state index contributed by atoms with van der Waals surface area (Å²) in [7, 11) is -2.29. The lowest BCUT2D eigenvalue weighted by atomic mass is 9.98. The Hall–Kier alpha value is -3.50. The molecule has 0 saturated heterocycles. The molecule has 2 aromatic heterocycles. The van der Waals surface area contributed by atoms with Gasteiger partial charge in [0.15, 0.2) is 11.6 Å². The van der Waals surface area contributed by atoms with Gasteiger partial charge in [-0.2, -0.15) is 0 Å². The molecule has 30 heavy (non-hydrogen) atoms. The summed E-state index contributed by atoms with van der Waals surface area (Å²) in [4.78, 5) is 16.5. The Labute approximate surface area is 173 Å². The van der Waals surface area contributed by atoms with E-state index in [1.807, 2.05) is 18.2 Å². The van der Waals surface area contributed by atoms with Crippen molar-refractivity contribution in [1.29, 1.82) is 0 Å². The quantitative estimate of drug-likeness (QED) is 0.568. The number of hydrogen-bond acceptors (Lipinski definition) is 7. The number of benzene rings is 1. The maximum atomic E-state index is 11.7. The van der Waals surface area contributed by atoms with E-state index < -0.39 is 10.0 Å². The van der Waals surface area contributed by atoms with Crippen LogP contribution in [0, 0.1) is 0 Å². The number of ether oxygens (including phenoxy) is 1. The molecule has 0 fully saturated rings. The molecule has 0 bridgehead atoms. The smallest absolute Gasteiger partial charge is 0.238 e. The van der Waals surface area contributed by atoms with Gasteiger partial charge in [-0.1, -0.05) is 12.1 Å². The van der Waals surface area contributed by atoms with Gasteiger partial charge in [0.1, 0.15) is 5.82 Å². The third-order valence-electron chi connectivity index (χ3n) is 4.78. The summed E-state index contributed by atoms with van der Waals surface area (Å²) in [6.07, 6.45) is 5.26. The van der Waals surface area contributed by atoms with Crippen molar-refractivity contribution in [1.82, 2.24) is 15.0 Å². The average Bonchev–Trinajstić information content (AvgIpc) is 3.20. The van der Waals surface area contributed by atoms with Gasteiger partial charge in [0.05, 0.1) is 29.9 Å². The zero-order valence-corrected chi connectivity index (χ0v) is 16.9. The van der Waals surface area contributed by atoms with Gasteiger partial charge in [-0.3, -0.25) is 9.98 Å². The second kappa shape index (κ2) is 7.73. The van der Waals surface area contributed by atoms with E-state index >= 15 is 0 Å². The fourth-order valence-electron chi connectivity index (χ4n) is 3.28. The van der Waals surface area contributed by atoms with Crippen molar-refractivity contribution in [2.45, 2.75) is 10.8 Å². The number of pyridine rings is 1. The number of nitrogens with zero attached hydrogens (tertiary/aromatic N) is 3. The highest BCUT2D eigenvalue weighted by Crippen LogP contribution is 2.33. The van der Waals surface area contributed by atoms with Gasteiger partial charge in [0, 0.05) is 29.4 Å². The maximum Gasteiger partial charge on any atom is 0.238 e. The highest BCUT2D eigenvalue weighted by Gasteiger charge is 2.24. The first-order valence-corrected chi connectivity index (χ1v) is 10.6. The molecule has 10 heteroatoms. The highest BCUT2D eigenvalue weighted by molar-refractivity contribution is 7.89. The third-order valence-corrected chi connectivity index (χ3v) is 5.69. The van der Waals surface area contributed by atoms with Crippen molar-refractivity contribution < 1.29 is 13.2 Å². The van der Waals surface area contributed by atoms with E-state index in [0.29, 0.717) is 35.2 Å². The molecule has 1 atom stereocenters. The fraction of sp³-hybridized carbons (Fsp3) is 0.150. The van der Waals surface area contributed by atoms with Gasteiger partial charge in [0.2, 0.25) is 10.0 Å². The van der Waals surface area contributed by atoms with Gasteiger partial charge in [0.25, 0.3) is 0 Å². The van der Waals surface area contributed by atoms with Crippen molar-refractivity contribution in [3.05, 3.63) is 66.3 Å². The first kappa shape index (κ1) is 19.8. The molecule has 1 aliphatic heterocycles. The van der Waals surface area contributed by atoms with E-state index in [2.05, 4.69) is 15.0 Å². The van der Waals surface area contributed by atoms with Crippen LogP contribution in [0.5, 0.6) is 0 Å². The van der Waals surface area contributed by atoms with Crippen LogP contribution in [0.4, 0.5) is 0 Å². The maximum absolute atomic E-state index is 11.7. The number of aromatic nitrogens is 3. The molecule has 1 aliphatic rings. The van der Waals surface area contributed by atoms with E-state index in [-0.39, 0.29) is 10.8 Å². The third kappa shape index (κ3) is 3.82. The van der Waals surface area contributed by atoms with Gasteiger partial charge in [-0.05, 0) is 30.3 Å². The van der Waals surface area contributed by atoms with Crippen LogP contribution >= 0.6 is 0 Å². The number of rotatable bonds is 5. The molecule has 3 heterocycles. The number of aromatic amines is 1. The molecule has 0 amide bonds. The normalized spacial score (nSPS) is 16.7. The number of aliphatic imine (C=N–C) groups is 1. The molecule has 9 nitrogen and oxygen atoms in total. The summed E-state index contributed by atoms with van der Waals surface area (Å²) in [5.74, 6) is 1.20. The lowest BCUT2D eigenvalue weighted by molar-refractivity contribution is 0.309. The summed E-state index contributed by atoms with van der Waals surface area (Å²) < 4.78 is 28.8. The average molecular weight is 424 g/mol. The molecule has 5 N–H and O–H groups in total. The number of nitrogens with two attached hydrogens (primary N) is 2. The number of methoxy groups -OCH3 is 1. The molecular weight excluding hydrogens is 404 g/mol. The molecule has 3 aromatic rings. The summed E-state index contributed by atoms with van der Waals surface area (Å²) in [5.41, 5.74) is 8.86. The van der Waals surface area contributed by atoms with Crippen LogP contribution < -0.4 is 10.9 Å². The number of imidazole rings is 1. The Bertz CT molecular complexity index is 1250. The Morgan fingerprint density at radius 3 is 2.63 bits per heavy atom. The number of sulfonamides is 1. The lowest BCUT2D eigenvalue weighted by Crippen LogP contribution is -2.23. The molecular formula is C20H20N6O3S. The zero-order chi connectivity index (χ0) is 21.3. The number of hydrogen-bond donors (Lipinski definition) is 3. The Morgan fingerprint density at radius 1 is 1.17 bits per heavy atom. The first-order chi connectivity index (χ1) is 14.4. The SMILES string of the molecule is COC1=CC(c2[nH]c(-c3cccc(S(N)(=O)=O)c3)nc2-c2ccncc2)CN=C1N. The Kier molecular flexibility index (Phi) is 5.10. The lowest BCUT2D eigenvalue weighted by Gasteiger charge is -2.18. The predicted octanol–water partition coefficient (Wildman–Crippen LogP) is 1.77. The number of H-pyrrole nitrogens is 1. The number of nitrogens with one attached hydrogen (secondary N) is 1. The molecule has 1 unspecified atom stereocenters. The summed E-state index contributed by atoms with van der Waals surface area (Å²) in [6.45, 7) is 0.426. The van der Waals surface area contributed by atoms with Crippen molar-refractivity contribution in [2.24, 2.45) is 15.9 Å². The predicted molar refractivity (Wildman–Crippen MR) is 113 cm³/mol. The van der Waals surface area contributed by atoms with Crippen molar-refractivity contribution in [2.75, 3.05) is 13.7 Å². The van der Waals surface area contributed by atoms with Crippen molar-refractivity contribution in [3.8, 4) is 22.6 Å². The van der Waals surface area contributed by atoms with E-state index in [0.717, 1.165) is 11.3 Å². The van der Waals surface area contributed by atoms with Crippen LogP contribution in [0.1, 0.15) is 11.6 Å².